The number of amides is 3. The molecule has 17 heteroatoms. The van der Waals surface area contributed by atoms with Crippen LogP contribution >= 0.6 is 8.35 Å². The summed E-state index contributed by atoms with van der Waals surface area (Å²) < 4.78 is 25.5. The van der Waals surface area contributed by atoms with Crippen molar-refractivity contribution >= 4 is 61.9 Å². The molecule has 5 heterocycles. The molecule has 284 valence electrons. The minimum Gasteiger partial charge on any atom is -0.495 e. The van der Waals surface area contributed by atoms with Crippen LogP contribution in [0.5, 0.6) is 17.2 Å². The number of nitrogens with zero attached hydrogens (tertiary/aromatic N) is 5. The van der Waals surface area contributed by atoms with E-state index in [2.05, 4.69) is 20.4 Å². The van der Waals surface area contributed by atoms with Crippen molar-refractivity contribution in [2.24, 2.45) is 19.1 Å². The number of esters is 1. The van der Waals surface area contributed by atoms with Crippen molar-refractivity contribution < 1.29 is 42.9 Å². The average Bonchev–Trinajstić information content (AvgIpc) is 3.87. The molecule has 0 bridgehead atoms. The zero-order valence-corrected chi connectivity index (χ0v) is 31.9. The van der Waals surface area contributed by atoms with Gasteiger partial charge in [0.15, 0.2) is 11.5 Å². The van der Waals surface area contributed by atoms with E-state index in [0.717, 1.165) is 12.8 Å². The van der Waals surface area contributed by atoms with Crippen LogP contribution in [-0.4, -0.2) is 95.2 Å². The molecule has 0 radical (unpaired) electrons. The van der Waals surface area contributed by atoms with Crippen LogP contribution in [0.15, 0.2) is 47.4 Å². The van der Waals surface area contributed by atoms with Gasteiger partial charge in [-0.3, -0.25) is 28.5 Å². The van der Waals surface area contributed by atoms with E-state index in [1.165, 1.54) is 18.5 Å². The van der Waals surface area contributed by atoms with Crippen molar-refractivity contribution in [1.29, 1.82) is 0 Å². The van der Waals surface area contributed by atoms with Crippen molar-refractivity contribution in [2.75, 3.05) is 45.1 Å². The summed E-state index contributed by atoms with van der Waals surface area (Å²) in [5, 5.41) is 5.47. The Kier molecular flexibility index (Phi) is 14.1. The molecule has 6 rings (SSSR count). The largest absolute Gasteiger partial charge is 0.495 e. The second kappa shape index (κ2) is 18.6. The molecule has 1 fully saturated rings. The lowest BCUT2D eigenvalue weighted by molar-refractivity contribution is -0.116. The molecule has 3 aromatic heterocycles. The number of hydrogen-bond donors (Lipinski definition) is 2. The van der Waals surface area contributed by atoms with Crippen LogP contribution in [0.1, 0.15) is 70.9 Å². The first kappa shape index (κ1) is 40.0. The van der Waals surface area contributed by atoms with Crippen molar-refractivity contribution in [3.8, 4) is 17.2 Å². The lowest BCUT2D eigenvalue weighted by Crippen LogP contribution is -2.35. The Morgan fingerprint density at radius 2 is 1.74 bits per heavy atom. The number of anilines is 2. The molecule has 2 atom stereocenters. The molecule has 2 unspecified atom stereocenters. The first-order valence-corrected chi connectivity index (χ1v) is 18.1. The minimum absolute atomic E-state index is 0.0159. The van der Waals surface area contributed by atoms with Crippen molar-refractivity contribution in [2.45, 2.75) is 45.6 Å². The Bertz CT molecular complexity index is 1950. The number of benzene rings is 1. The van der Waals surface area contributed by atoms with Crippen molar-refractivity contribution in [1.82, 2.24) is 18.4 Å². The van der Waals surface area contributed by atoms with Gasteiger partial charge in [0.05, 0.1) is 50.9 Å². The molecular formula is C36H46N7O9P. The number of nitrogens with one attached hydrogen (secondary N) is 2. The van der Waals surface area contributed by atoms with Gasteiger partial charge in [-0.05, 0) is 31.4 Å². The number of rotatable bonds is 12. The number of aryl methyl sites for hydroxylation is 2. The van der Waals surface area contributed by atoms with Gasteiger partial charge in [-0.1, -0.05) is 22.2 Å². The summed E-state index contributed by atoms with van der Waals surface area (Å²) in [5.41, 5.74) is 2.34. The number of aromatic nitrogens is 3. The monoisotopic (exact) mass is 751 g/mol. The Morgan fingerprint density at radius 1 is 0.981 bits per heavy atom. The van der Waals surface area contributed by atoms with Crippen molar-refractivity contribution in [3.05, 3.63) is 59.4 Å². The van der Waals surface area contributed by atoms with Gasteiger partial charge < -0.3 is 43.6 Å². The third-order valence-corrected chi connectivity index (χ3v) is 9.37. The third-order valence-electron chi connectivity index (χ3n) is 8.34. The molecular weight excluding hydrogens is 705 g/mol. The van der Waals surface area contributed by atoms with E-state index in [9.17, 15) is 24.0 Å². The van der Waals surface area contributed by atoms with Crippen LogP contribution in [0.2, 0.25) is 0 Å². The van der Waals surface area contributed by atoms with Gasteiger partial charge in [0.2, 0.25) is 12.3 Å². The van der Waals surface area contributed by atoms with Crippen LogP contribution in [0.25, 0.3) is 0 Å². The van der Waals surface area contributed by atoms with Crippen LogP contribution in [0.3, 0.4) is 0 Å². The summed E-state index contributed by atoms with van der Waals surface area (Å²) in [7, 11) is 8.10. The van der Waals surface area contributed by atoms with Crippen LogP contribution in [0, 0.1) is 0 Å². The van der Waals surface area contributed by atoms with Gasteiger partial charge in [-0.2, -0.15) is 0 Å². The highest BCUT2D eigenvalue weighted by molar-refractivity contribution is 7.27. The predicted octanol–water partition coefficient (Wildman–Crippen LogP) is 5.12. The Balaban J connectivity index is 0.000000379. The topological polar surface area (TPSA) is 177 Å². The van der Waals surface area contributed by atoms with Crippen LogP contribution in [-0.2, 0) is 28.4 Å². The second-order valence-corrected chi connectivity index (χ2v) is 12.7. The molecule has 2 aliphatic heterocycles. The second-order valence-electron chi connectivity index (χ2n) is 11.7. The van der Waals surface area contributed by atoms with Gasteiger partial charge in [0, 0.05) is 63.6 Å². The number of fused-ring (bicyclic) bond motifs is 2. The fourth-order valence-electron chi connectivity index (χ4n) is 5.64. The van der Waals surface area contributed by atoms with E-state index in [1.54, 1.807) is 72.8 Å². The molecule has 53 heavy (non-hydrogen) atoms. The molecule has 16 nitrogen and oxygen atoms in total. The summed E-state index contributed by atoms with van der Waals surface area (Å²) in [6, 6.07) is 6.59. The summed E-state index contributed by atoms with van der Waals surface area (Å²) in [5.74, 6) is 2.73. The summed E-state index contributed by atoms with van der Waals surface area (Å²) in [6.07, 6.45) is 8.33. The van der Waals surface area contributed by atoms with Gasteiger partial charge in [0.1, 0.15) is 23.0 Å². The van der Waals surface area contributed by atoms with Crippen LogP contribution < -0.4 is 24.8 Å². The Morgan fingerprint density at radius 3 is 2.38 bits per heavy atom. The number of methoxy groups -OCH3 is 3. The van der Waals surface area contributed by atoms with Gasteiger partial charge in [-0.15, -0.1) is 0 Å². The third kappa shape index (κ3) is 9.57. The van der Waals surface area contributed by atoms with E-state index in [1.807, 2.05) is 25.0 Å². The van der Waals surface area contributed by atoms with Gasteiger partial charge in [0.25, 0.3) is 11.8 Å². The fraction of sp³-hybridized carbons (Fsp3) is 0.389. The number of carbonyl (C=O) groups is 5. The summed E-state index contributed by atoms with van der Waals surface area (Å²) in [4.78, 5) is 66.4. The zero-order chi connectivity index (χ0) is 38.7. The maximum absolute atomic E-state index is 13.0. The predicted molar refractivity (Wildman–Crippen MR) is 203 cm³/mol. The Hall–Kier alpha value is -5.76. The van der Waals surface area contributed by atoms with Gasteiger partial charge in [-0.25, -0.2) is 4.79 Å². The maximum Gasteiger partial charge on any atom is 0.354 e. The zero-order valence-electron chi connectivity index (χ0n) is 30.9. The molecule has 4 aromatic rings. The Labute approximate surface area is 309 Å². The maximum atomic E-state index is 13.0. The minimum atomic E-state index is -0.380. The lowest BCUT2D eigenvalue weighted by atomic mass is 10.1. The fourth-order valence-corrected chi connectivity index (χ4v) is 6.23. The standard InChI is InChI=1S/C26H29N6O6P.C8H11NO3.C2H6/c1-30-13-16(9-20(30)25(35)29-23-14-39-32(23)15-33)28-24(34)6-4-8-38-22-11-19-18(10-21(22)37-2)26(36)31-7-3-5-17(31)12-27-19;1-9-5-6(11-2)4-7(9)8(10)12-3;1-2/h9-15,17,39H,3-8H2,1-2H3,(H,28,34)(H,29,35);4-5H,1-3H3;1-2H3. The van der Waals surface area contributed by atoms with Crippen LogP contribution in [0.4, 0.5) is 17.2 Å². The normalized spacial score (nSPS) is 14.1. The number of carbonyl (C=O) groups excluding carboxylic acids is 5. The average molecular weight is 752 g/mol. The molecule has 0 aliphatic carbocycles. The highest BCUT2D eigenvalue weighted by Crippen LogP contribution is 2.38. The van der Waals surface area contributed by atoms with E-state index in [0.29, 0.717) is 70.8 Å². The smallest absolute Gasteiger partial charge is 0.354 e. The molecule has 2 aliphatic rings. The number of hydrogen-bond acceptors (Lipinski definition) is 10. The van der Waals surface area contributed by atoms with Crippen molar-refractivity contribution in [3.63, 3.8) is 0 Å². The highest BCUT2D eigenvalue weighted by Gasteiger charge is 2.32. The molecule has 0 spiro atoms. The van der Waals surface area contributed by atoms with E-state index in [4.69, 9.17) is 14.2 Å². The highest BCUT2D eigenvalue weighted by atomic mass is 31.0. The molecule has 1 saturated heterocycles. The summed E-state index contributed by atoms with van der Waals surface area (Å²) in [6.45, 7) is 4.97. The van der Waals surface area contributed by atoms with E-state index < -0.39 is 0 Å². The molecule has 1 aromatic carbocycles. The van der Waals surface area contributed by atoms with Gasteiger partial charge >= 0.3 is 5.97 Å². The molecule has 2 N–H and O–H groups in total. The van der Waals surface area contributed by atoms with E-state index >= 15 is 0 Å². The molecule has 0 saturated carbocycles. The first-order valence-electron chi connectivity index (χ1n) is 17.0. The number of aliphatic imine (C=N–C) groups is 1. The first-order chi connectivity index (χ1) is 25.6. The summed E-state index contributed by atoms with van der Waals surface area (Å²) >= 11 is 0. The quantitative estimate of drug-likeness (QED) is 0.113. The van der Waals surface area contributed by atoms with E-state index in [-0.39, 0.29) is 51.1 Å². The number of ether oxygens (including phenoxy) is 4. The SMILES string of the molecule is CC.COC(=O)c1cc(OC)cn1C.COc1cc2c(cc1OCCCC(=O)Nc1cc(C(=O)Nc3c[pH]n3C=O)n(C)c1)N=CC1CCCN1C2=O. The molecule has 3 amide bonds. The lowest BCUT2D eigenvalue weighted by Gasteiger charge is -2.20.